The highest BCUT2D eigenvalue weighted by Crippen LogP contribution is 2.19. The molecule has 0 unspecified atom stereocenters. The molecule has 0 aliphatic heterocycles. The number of hydrogen-bond acceptors (Lipinski definition) is 4. The van der Waals surface area contributed by atoms with Crippen molar-refractivity contribution in [2.75, 3.05) is 5.32 Å². The third kappa shape index (κ3) is 2.11. The third-order valence-corrected chi connectivity index (χ3v) is 2.70. The van der Waals surface area contributed by atoms with E-state index < -0.39 is 0 Å². The molecule has 0 atom stereocenters. The van der Waals surface area contributed by atoms with Gasteiger partial charge < -0.3 is 15.4 Å². The predicted molar refractivity (Wildman–Crippen MR) is 69.9 cm³/mol. The molecule has 0 spiro atoms. The Bertz CT molecular complexity index is 751. The van der Waals surface area contributed by atoms with Gasteiger partial charge in [0.25, 0.3) is 5.91 Å². The Labute approximate surface area is 108 Å². The lowest BCUT2D eigenvalue weighted by atomic mass is 10.2. The van der Waals surface area contributed by atoms with E-state index in [0.29, 0.717) is 5.56 Å². The number of aromatic nitrogens is 3. The maximum atomic E-state index is 12.0. The van der Waals surface area contributed by atoms with E-state index in [1.165, 1.54) is 12.3 Å². The normalized spacial score (nSPS) is 10.5. The first-order valence-electron chi connectivity index (χ1n) is 5.62. The van der Waals surface area contributed by atoms with Crippen LogP contribution < -0.4 is 5.32 Å². The van der Waals surface area contributed by atoms with Gasteiger partial charge in [0.05, 0.1) is 17.4 Å². The summed E-state index contributed by atoms with van der Waals surface area (Å²) in [6.07, 6.45) is 3.06. The molecular formula is C13H10N4O2. The molecule has 6 heteroatoms. The van der Waals surface area contributed by atoms with Gasteiger partial charge in [-0.05, 0) is 30.3 Å². The van der Waals surface area contributed by atoms with E-state index in [0.717, 1.165) is 11.0 Å². The topological polar surface area (TPSA) is 90.9 Å². The number of amides is 1. The number of hydrogen-bond donors (Lipinski definition) is 3. The van der Waals surface area contributed by atoms with Gasteiger partial charge in [0.1, 0.15) is 0 Å². The van der Waals surface area contributed by atoms with Crippen LogP contribution in [0, 0.1) is 0 Å². The number of benzene rings is 1. The zero-order valence-corrected chi connectivity index (χ0v) is 9.79. The number of imidazole rings is 1. The van der Waals surface area contributed by atoms with Gasteiger partial charge in [0, 0.05) is 11.8 Å². The van der Waals surface area contributed by atoms with Crippen LogP contribution in [0.2, 0.25) is 0 Å². The van der Waals surface area contributed by atoms with Gasteiger partial charge >= 0.3 is 0 Å². The van der Waals surface area contributed by atoms with Crippen LogP contribution in [0.15, 0.2) is 42.9 Å². The summed E-state index contributed by atoms with van der Waals surface area (Å²) in [4.78, 5) is 22.9. The van der Waals surface area contributed by atoms with Crippen molar-refractivity contribution in [3.8, 4) is 5.75 Å². The van der Waals surface area contributed by atoms with Crippen molar-refractivity contribution in [1.82, 2.24) is 15.0 Å². The number of carbonyl (C=O) groups is 1. The maximum Gasteiger partial charge on any atom is 0.256 e. The van der Waals surface area contributed by atoms with Gasteiger partial charge in [0.2, 0.25) is 0 Å². The minimum absolute atomic E-state index is 0.0709. The Balaban J connectivity index is 1.89. The molecule has 0 saturated carbocycles. The number of aromatic hydroxyl groups is 1. The molecular weight excluding hydrogens is 244 g/mol. The van der Waals surface area contributed by atoms with E-state index in [-0.39, 0.29) is 17.5 Å². The first-order chi connectivity index (χ1) is 9.24. The summed E-state index contributed by atoms with van der Waals surface area (Å²) in [5, 5.41) is 12.1. The second-order valence-corrected chi connectivity index (χ2v) is 3.96. The van der Waals surface area contributed by atoms with Gasteiger partial charge in [0.15, 0.2) is 11.6 Å². The Morgan fingerprint density at radius 1 is 1.26 bits per heavy atom. The molecule has 1 aromatic carbocycles. The summed E-state index contributed by atoms with van der Waals surface area (Å²) in [5.74, 6) is -0.277. The molecule has 1 amide bonds. The van der Waals surface area contributed by atoms with E-state index in [9.17, 15) is 9.90 Å². The van der Waals surface area contributed by atoms with Gasteiger partial charge in [-0.3, -0.25) is 4.79 Å². The van der Waals surface area contributed by atoms with Crippen molar-refractivity contribution in [2.45, 2.75) is 0 Å². The van der Waals surface area contributed by atoms with Crippen LogP contribution >= 0.6 is 0 Å². The van der Waals surface area contributed by atoms with Gasteiger partial charge in [-0.25, -0.2) is 9.97 Å². The van der Waals surface area contributed by atoms with E-state index in [4.69, 9.17) is 0 Å². The average Bonchev–Trinajstić information content (AvgIpc) is 2.88. The first-order valence-corrected chi connectivity index (χ1v) is 5.62. The van der Waals surface area contributed by atoms with E-state index >= 15 is 0 Å². The lowest BCUT2D eigenvalue weighted by Gasteiger charge is -2.05. The Morgan fingerprint density at radius 3 is 3.00 bits per heavy atom. The average molecular weight is 254 g/mol. The van der Waals surface area contributed by atoms with Crippen molar-refractivity contribution in [1.29, 1.82) is 0 Å². The summed E-state index contributed by atoms with van der Waals surface area (Å²) in [6.45, 7) is 0. The fourth-order valence-electron chi connectivity index (χ4n) is 1.75. The molecule has 0 radical (unpaired) electrons. The summed E-state index contributed by atoms with van der Waals surface area (Å²) in [7, 11) is 0. The van der Waals surface area contributed by atoms with Crippen molar-refractivity contribution in [3.63, 3.8) is 0 Å². The highest BCUT2D eigenvalue weighted by atomic mass is 16.3. The van der Waals surface area contributed by atoms with Crippen molar-refractivity contribution >= 4 is 22.8 Å². The van der Waals surface area contributed by atoms with Crippen molar-refractivity contribution in [3.05, 3.63) is 48.4 Å². The predicted octanol–water partition coefficient (Wildman–Crippen LogP) is 1.92. The maximum absolute atomic E-state index is 12.0. The molecule has 94 valence electrons. The summed E-state index contributed by atoms with van der Waals surface area (Å²) in [5.41, 5.74) is 2.02. The standard InChI is InChI=1S/C13H10N4O2/c18-11-2-1-5-14-12(11)17-13(19)8-3-4-9-10(6-8)16-7-15-9/h1-7,18H,(H,15,16)(H,14,17,19). The Kier molecular flexibility index (Phi) is 2.60. The number of fused-ring (bicyclic) bond motifs is 1. The van der Waals surface area contributed by atoms with Crippen molar-refractivity contribution < 1.29 is 9.90 Å². The van der Waals surface area contributed by atoms with E-state index in [1.54, 1.807) is 30.6 Å². The quantitative estimate of drug-likeness (QED) is 0.651. The summed E-state index contributed by atoms with van der Waals surface area (Å²) in [6, 6.07) is 8.15. The minimum atomic E-state index is -0.342. The van der Waals surface area contributed by atoms with Gasteiger partial charge in [-0.15, -0.1) is 0 Å². The number of H-pyrrole nitrogens is 1. The highest BCUT2D eigenvalue weighted by Gasteiger charge is 2.10. The van der Waals surface area contributed by atoms with Crippen LogP contribution in [0.3, 0.4) is 0 Å². The van der Waals surface area contributed by atoms with Gasteiger partial charge in [-0.1, -0.05) is 0 Å². The Morgan fingerprint density at radius 2 is 2.16 bits per heavy atom. The third-order valence-electron chi connectivity index (χ3n) is 2.70. The molecule has 0 bridgehead atoms. The molecule has 19 heavy (non-hydrogen) atoms. The minimum Gasteiger partial charge on any atom is -0.504 e. The van der Waals surface area contributed by atoms with Crippen LogP contribution in [0.5, 0.6) is 5.75 Å². The molecule has 2 heterocycles. The highest BCUT2D eigenvalue weighted by molar-refractivity contribution is 6.05. The van der Waals surface area contributed by atoms with Gasteiger partial charge in [-0.2, -0.15) is 0 Å². The zero-order valence-electron chi connectivity index (χ0n) is 9.79. The number of nitrogens with zero attached hydrogens (tertiary/aromatic N) is 2. The summed E-state index contributed by atoms with van der Waals surface area (Å²) < 4.78 is 0. The molecule has 0 saturated heterocycles. The first kappa shape index (κ1) is 11.2. The number of rotatable bonds is 2. The second kappa shape index (κ2) is 4.41. The number of aromatic amines is 1. The largest absolute Gasteiger partial charge is 0.504 e. The smallest absolute Gasteiger partial charge is 0.256 e. The second-order valence-electron chi connectivity index (χ2n) is 3.96. The molecule has 3 rings (SSSR count). The zero-order chi connectivity index (χ0) is 13.2. The fourth-order valence-corrected chi connectivity index (χ4v) is 1.75. The molecule has 2 aromatic heterocycles. The lowest BCUT2D eigenvalue weighted by molar-refractivity contribution is 0.102. The van der Waals surface area contributed by atoms with E-state index in [1.807, 2.05) is 0 Å². The van der Waals surface area contributed by atoms with Crippen molar-refractivity contribution in [2.24, 2.45) is 0 Å². The summed E-state index contributed by atoms with van der Waals surface area (Å²) >= 11 is 0. The number of carbonyl (C=O) groups excluding carboxylic acids is 1. The van der Waals surface area contributed by atoms with Crippen LogP contribution in [0.1, 0.15) is 10.4 Å². The SMILES string of the molecule is O=C(Nc1ncccc1O)c1ccc2nc[nH]c2c1. The Hall–Kier alpha value is -2.89. The lowest BCUT2D eigenvalue weighted by Crippen LogP contribution is -2.12. The van der Waals surface area contributed by atoms with E-state index in [2.05, 4.69) is 20.3 Å². The van der Waals surface area contributed by atoms with Crippen LogP contribution in [-0.4, -0.2) is 26.0 Å². The number of anilines is 1. The monoisotopic (exact) mass is 254 g/mol. The van der Waals surface area contributed by atoms with Crippen LogP contribution in [0.25, 0.3) is 11.0 Å². The van der Waals surface area contributed by atoms with Crippen LogP contribution in [-0.2, 0) is 0 Å². The number of pyridine rings is 1. The molecule has 0 fully saturated rings. The molecule has 6 nitrogen and oxygen atoms in total. The number of nitrogens with one attached hydrogen (secondary N) is 2. The molecule has 3 aromatic rings. The van der Waals surface area contributed by atoms with Crippen LogP contribution in [0.4, 0.5) is 5.82 Å². The molecule has 0 aliphatic carbocycles. The molecule has 0 aliphatic rings. The molecule has 3 N–H and O–H groups in total. The fraction of sp³-hybridized carbons (Fsp3) is 0.